The van der Waals surface area contributed by atoms with Gasteiger partial charge < -0.3 is 69.7 Å². The molecule has 0 aliphatic carbocycles. The number of hydrogen-bond acceptors (Lipinski definition) is 13. The summed E-state index contributed by atoms with van der Waals surface area (Å²) in [5.41, 5.74) is 16.8. The third-order valence-electron chi connectivity index (χ3n) is 11.1. The van der Waals surface area contributed by atoms with Gasteiger partial charge in [0, 0.05) is 25.1 Å². The van der Waals surface area contributed by atoms with Crippen molar-refractivity contribution in [3.05, 3.63) is 42.1 Å². The van der Waals surface area contributed by atoms with E-state index in [-0.39, 0.29) is 37.3 Å². The third-order valence-corrected chi connectivity index (χ3v) is 11.1. The number of likely N-dealkylation sites (tertiary alicyclic amines) is 1. The molecule has 0 radical (unpaired) electrons. The molecule has 24 nitrogen and oxygen atoms in total. The van der Waals surface area contributed by atoms with Crippen LogP contribution in [0, 0.1) is 5.92 Å². The van der Waals surface area contributed by atoms with Gasteiger partial charge in [-0.2, -0.15) is 0 Å². The van der Waals surface area contributed by atoms with Crippen LogP contribution in [0.25, 0.3) is 0 Å². The molecular weight excluding hydrogens is 865 g/mol. The summed E-state index contributed by atoms with van der Waals surface area (Å²) < 4.78 is 0. The van der Waals surface area contributed by atoms with Crippen LogP contribution in [0.2, 0.25) is 0 Å². The van der Waals surface area contributed by atoms with Crippen molar-refractivity contribution in [1.82, 2.24) is 47.4 Å². The Hall–Kier alpha value is -7.27. The number of hydrogen-bond donors (Lipinski definition) is 12. The van der Waals surface area contributed by atoms with Gasteiger partial charge in [0.05, 0.1) is 25.6 Å². The quantitative estimate of drug-likeness (QED) is 0.0791. The Labute approximate surface area is 381 Å². The predicted octanol–water partition coefficient (Wildman–Crippen LogP) is -4.46. The summed E-state index contributed by atoms with van der Waals surface area (Å²) in [6, 6.07) is -3.13. The van der Waals surface area contributed by atoms with Gasteiger partial charge in [-0.05, 0) is 62.6 Å². The van der Waals surface area contributed by atoms with Crippen molar-refractivity contribution >= 4 is 65.0 Å². The van der Waals surface area contributed by atoms with Crippen LogP contribution >= 0.6 is 0 Å². The molecule has 15 N–H and O–H groups in total. The van der Waals surface area contributed by atoms with Gasteiger partial charge >= 0.3 is 0 Å². The lowest BCUT2D eigenvalue weighted by Gasteiger charge is -2.32. The summed E-state index contributed by atoms with van der Waals surface area (Å²) in [5.74, 6) is -9.81. The zero-order valence-corrected chi connectivity index (χ0v) is 37.2. The van der Waals surface area contributed by atoms with Crippen LogP contribution < -0.4 is 59.7 Å². The molecule has 3 rings (SSSR count). The first-order chi connectivity index (χ1) is 31.1. The lowest BCUT2D eigenvalue weighted by Crippen LogP contribution is -2.60. The smallest absolute Gasteiger partial charge is 0.245 e. The zero-order chi connectivity index (χ0) is 49.2. The van der Waals surface area contributed by atoms with Crippen LogP contribution in [0.1, 0.15) is 77.7 Å². The van der Waals surface area contributed by atoms with Gasteiger partial charge in [-0.3, -0.25) is 52.7 Å². The topological polar surface area (TPSA) is 386 Å². The first kappa shape index (κ1) is 53.1. The number of nitrogens with two attached hydrogens (primary N) is 3. The Bertz CT molecular complexity index is 2010. The number of carbonyl (C=O) groups excluding carboxylic acids is 11. The molecule has 2 fully saturated rings. The first-order valence-electron chi connectivity index (χ1n) is 21.5. The zero-order valence-electron chi connectivity index (χ0n) is 37.2. The second kappa shape index (κ2) is 25.3. The van der Waals surface area contributed by atoms with Crippen molar-refractivity contribution in [2.45, 2.75) is 121 Å². The molecule has 0 spiro atoms. The van der Waals surface area contributed by atoms with E-state index in [1.807, 2.05) is 0 Å². The SMILES string of the molecule is C=C1N[C@@H]([C@@H](C)CC)C(=O)N[C@@H](CCC(N)=O)C(=O)N[C@@H](CC(N)=O)C(=O)N[C@H](C(=O)N2CCCC2C(=O)N[C@@H](C)C(=O)NCC(N)=O)CCC(=O)NCC(=O)N[C@H]1Cc1ccc(O)cc1. The van der Waals surface area contributed by atoms with Crippen LogP contribution in [-0.2, 0) is 59.2 Å². The second-order valence-corrected chi connectivity index (χ2v) is 16.3. The number of phenols is 1. The molecule has 1 aromatic carbocycles. The number of nitrogens with one attached hydrogen (secondary N) is 8. The van der Waals surface area contributed by atoms with E-state index in [1.54, 1.807) is 26.0 Å². The monoisotopic (exact) mass is 926 g/mol. The van der Waals surface area contributed by atoms with Crippen LogP contribution in [0.3, 0.4) is 0 Å². The molecule has 0 aromatic heterocycles. The van der Waals surface area contributed by atoms with E-state index in [0.717, 1.165) is 4.90 Å². The highest BCUT2D eigenvalue weighted by Crippen LogP contribution is 2.21. The minimum atomic E-state index is -1.78. The lowest BCUT2D eigenvalue weighted by atomic mass is 9.95. The number of primary amides is 3. The van der Waals surface area contributed by atoms with Gasteiger partial charge in [-0.1, -0.05) is 39.0 Å². The van der Waals surface area contributed by atoms with E-state index >= 15 is 0 Å². The van der Waals surface area contributed by atoms with Crippen LogP contribution in [0.5, 0.6) is 5.75 Å². The van der Waals surface area contributed by atoms with E-state index in [2.05, 4.69) is 49.1 Å². The Morgan fingerprint density at radius 1 is 0.818 bits per heavy atom. The molecule has 66 heavy (non-hydrogen) atoms. The standard InChI is InChI=1S/C42H62N12O12/c1-5-21(2)36-41(65)51-26(12-14-31(43)56)38(62)53-29(18-32(44)57)39(63)52-27(42(66)54-16-6-7-30(54)40(64)49-23(4)37(61)47-19-33(45)58)13-15-34(59)46-20-35(60)50-28(22(3)48-36)17-24-8-10-25(55)11-9-24/h8-11,21,23,26-30,36,48,55H,3,5-7,12-20H2,1-2,4H3,(H2,43,56)(H2,44,57)(H2,45,58)(H,46,59)(H,47,61)(H,49,64)(H,50,60)(H,51,65)(H,52,63)(H,53,62)/t21-,23-,26-,27-,28-,29-,30?,36-/m0/s1. The number of phenolic OH excluding ortho intramolecular Hbond substituents is 1. The summed E-state index contributed by atoms with van der Waals surface area (Å²) in [6.07, 6.45) is -1.49. The molecule has 0 saturated carbocycles. The second-order valence-electron chi connectivity index (χ2n) is 16.3. The van der Waals surface area contributed by atoms with E-state index in [4.69, 9.17) is 17.2 Å². The maximum absolute atomic E-state index is 14.3. The fraction of sp³-hybridized carbons (Fsp3) is 0.548. The molecule has 362 valence electrons. The largest absolute Gasteiger partial charge is 0.508 e. The Balaban J connectivity index is 2.04. The van der Waals surface area contributed by atoms with Crippen molar-refractivity contribution < 1.29 is 57.8 Å². The summed E-state index contributed by atoms with van der Waals surface area (Å²) in [7, 11) is 0. The number of benzene rings is 1. The van der Waals surface area contributed by atoms with Gasteiger partial charge in [-0.15, -0.1) is 0 Å². The van der Waals surface area contributed by atoms with E-state index in [9.17, 15) is 57.8 Å². The van der Waals surface area contributed by atoms with E-state index < -0.39 is 152 Å². The van der Waals surface area contributed by atoms with Crippen molar-refractivity contribution in [2.75, 3.05) is 19.6 Å². The van der Waals surface area contributed by atoms with Gasteiger partial charge in [0.15, 0.2) is 0 Å². The number of carbonyl (C=O) groups is 11. The fourth-order valence-corrected chi connectivity index (χ4v) is 7.15. The van der Waals surface area contributed by atoms with E-state index in [0.29, 0.717) is 18.4 Å². The molecule has 2 heterocycles. The maximum Gasteiger partial charge on any atom is 0.245 e. The van der Waals surface area contributed by atoms with Gasteiger partial charge in [-0.25, -0.2) is 0 Å². The summed E-state index contributed by atoms with van der Waals surface area (Å²) in [6.45, 7) is 7.93. The highest BCUT2D eigenvalue weighted by atomic mass is 16.3. The fourth-order valence-electron chi connectivity index (χ4n) is 7.15. The maximum atomic E-state index is 14.3. The Morgan fingerprint density at radius 2 is 1.47 bits per heavy atom. The Kier molecular flexibility index (Phi) is 20.3. The van der Waals surface area contributed by atoms with Crippen LogP contribution in [0.4, 0.5) is 0 Å². The molecule has 24 heteroatoms. The van der Waals surface area contributed by atoms with Crippen LogP contribution in [-0.4, -0.2) is 137 Å². The molecule has 2 aliphatic heterocycles. The average molecular weight is 927 g/mol. The number of aromatic hydroxyl groups is 1. The molecule has 2 saturated heterocycles. The van der Waals surface area contributed by atoms with Crippen molar-refractivity contribution in [3.8, 4) is 5.75 Å². The molecule has 8 atom stereocenters. The average Bonchev–Trinajstić information content (AvgIpc) is 3.76. The number of amides is 11. The number of rotatable bonds is 15. The normalized spacial score (nSPS) is 23.5. The minimum Gasteiger partial charge on any atom is -0.508 e. The first-order valence-corrected chi connectivity index (χ1v) is 21.5. The highest BCUT2D eigenvalue weighted by molar-refractivity contribution is 5.99. The van der Waals surface area contributed by atoms with Gasteiger partial charge in [0.25, 0.3) is 0 Å². The third kappa shape index (κ3) is 16.7. The molecule has 1 aromatic rings. The predicted molar refractivity (Wildman–Crippen MR) is 234 cm³/mol. The van der Waals surface area contributed by atoms with Crippen molar-refractivity contribution in [2.24, 2.45) is 23.1 Å². The van der Waals surface area contributed by atoms with Crippen LogP contribution in [0.15, 0.2) is 36.5 Å². The van der Waals surface area contributed by atoms with Gasteiger partial charge in [0.1, 0.15) is 42.0 Å². The number of nitrogens with zero attached hydrogens (tertiary/aromatic N) is 1. The molecular formula is C42H62N12O12. The molecule has 0 bridgehead atoms. The Morgan fingerprint density at radius 3 is 2.09 bits per heavy atom. The van der Waals surface area contributed by atoms with Crippen molar-refractivity contribution in [3.63, 3.8) is 0 Å². The summed E-state index contributed by atoms with van der Waals surface area (Å²) in [4.78, 5) is 145. The minimum absolute atomic E-state index is 0.00367. The molecule has 2 aliphatic rings. The van der Waals surface area contributed by atoms with Crippen molar-refractivity contribution in [1.29, 1.82) is 0 Å². The summed E-state index contributed by atoms with van der Waals surface area (Å²) >= 11 is 0. The lowest BCUT2D eigenvalue weighted by molar-refractivity contribution is -0.143. The molecule has 11 amide bonds. The molecule has 1 unspecified atom stereocenters. The van der Waals surface area contributed by atoms with E-state index in [1.165, 1.54) is 19.1 Å². The summed E-state index contributed by atoms with van der Waals surface area (Å²) in [5, 5.41) is 30.3. The highest BCUT2D eigenvalue weighted by Gasteiger charge is 2.40. The van der Waals surface area contributed by atoms with Gasteiger partial charge in [0.2, 0.25) is 65.0 Å².